The van der Waals surface area contributed by atoms with Gasteiger partial charge < -0.3 is 14.3 Å². The highest BCUT2D eigenvalue weighted by molar-refractivity contribution is 6.33. The van der Waals surface area contributed by atoms with Crippen LogP contribution in [0.4, 0.5) is 10.1 Å². The Balaban J connectivity index is 1.39. The summed E-state index contributed by atoms with van der Waals surface area (Å²) in [7, 11) is 0. The van der Waals surface area contributed by atoms with Crippen LogP contribution in [0, 0.1) is 12.7 Å². The normalized spacial score (nSPS) is 19.8. The second kappa shape index (κ2) is 7.67. The SMILES string of the molecule is Cc1onc(-c2ccccc2Cl)c1C(=O)N1CC2(CCN(C3CC3)CC2)c2cc(F)ccc21. The fraction of sp³-hybridized carbons (Fsp3) is 0.385. The molecule has 1 aromatic heterocycles. The molecule has 0 bridgehead atoms. The van der Waals surface area contributed by atoms with Crippen LogP contribution in [0.1, 0.15) is 47.4 Å². The molecule has 1 amide bonds. The predicted molar refractivity (Wildman–Crippen MR) is 125 cm³/mol. The van der Waals surface area contributed by atoms with Gasteiger partial charge in [-0.2, -0.15) is 0 Å². The third-order valence-electron chi connectivity index (χ3n) is 7.55. The van der Waals surface area contributed by atoms with E-state index in [4.69, 9.17) is 16.1 Å². The predicted octanol–water partition coefficient (Wildman–Crippen LogP) is 5.60. The molecule has 6 rings (SSSR count). The molecule has 2 aliphatic heterocycles. The third kappa shape index (κ3) is 3.39. The Morgan fingerprint density at radius 1 is 1.18 bits per heavy atom. The number of likely N-dealkylation sites (tertiary alicyclic amines) is 1. The molecule has 0 N–H and O–H groups in total. The van der Waals surface area contributed by atoms with Crippen LogP contribution in [0.3, 0.4) is 0 Å². The van der Waals surface area contributed by atoms with Gasteiger partial charge in [-0.25, -0.2) is 4.39 Å². The Labute approximate surface area is 197 Å². The lowest BCUT2D eigenvalue weighted by Crippen LogP contribution is -2.46. The number of aromatic nitrogens is 1. The maximum atomic E-state index is 14.4. The standard InChI is InChI=1S/C26H25ClFN3O2/c1-16-23(24(29-33-16)19-4-2-3-5-21(19)27)25(32)31-15-26(20-14-17(28)6-9-22(20)31)10-12-30(13-11-26)18-7-8-18/h2-6,9,14,18H,7-8,10-13,15H2,1H3. The number of fused-ring (bicyclic) bond motifs is 2. The van der Waals surface area contributed by atoms with Gasteiger partial charge in [0.1, 0.15) is 22.8 Å². The highest BCUT2D eigenvalue weighted by Crippen LogP contribution is 2.49. The van der Waals surface area contributed by atoms with E-state index in [1.807, 2.05) is 18.2 Å². The van der Waals surface area contributed by atoms with Crippen molar-refractivity contribution in [3.05, 3.63) is 70.2 Å². The van der Waals surface area contributed by atoms with Gasteiger partial charge >= 0.3 is 0 Å². The molecule has 0 atom stereocenters. The lowest BCUT2D eigenvalue weighted by atomic mass is 9.74. The molecule has 1 saturated heterocycles. The Hall–Kier alpha value is -2.70. The van der Waals surface area contributed by atoms with Crippen molar-refractivity contribution in [1.29, 1.82) is 0 Å². The first-order valence-electron chi connectivity index (χ1n) is 11.5. The number of aryl methyl sites for hydroxylation is 1. The molecule has 3 aromatic rings. The second-order valence-corrected chi connectivity index (χ2v) is 9.95. The summed E-state index contributed by atoms with van der Waals surface area (Å²) in [5, 5.41) is 4.68. The Bertz CT molecular complexity index is 1240. The number of hydrogen-bond donors (Lipinski definition) is 0. The average molecular weight is 466 g/mol. The number of amides is 1. The minimum absolute atomic E-state index is 0.182. The van der Waals surface area contributed by atoms with Crippen molar-refractivity contribution in [2.24, 2.45) is 0 Å². The Kier molecular flexibility index (Phi) is 4.85. The molecule has 5 nitrogen and oxygen atoms in total. The summed E-state index contributed by atoms with van der Waals surface area (Å²) in [4.78, 5) is 18.3. The summed E-state index contributed by atoms with van der Waals surface area (Å²) >= 11 is 6.41. The monoisotopic (exact) mass is 465 g/mol. The van der Waals surface area contributed by atoms with Gasteiger partial charge in [-0.3, -0.25) is 4.79 Å². The molecule has 1 saturated carbocycles. The first kappa shape index (κ1) is 20.9. The molecule has 3 heterocycles. The van der Waals surface area contributed by atoms with Gasteiger partial charge in [0.25, 0.3) is 5.91 Å². The molecule has 2 aromatic carbocycles. The zero-order valence-corrected chi connectivity index (χ0v) is 19.2. The maximum Gasteiger partial charge on any atom is 0.264 e. The quantitative estimate of drug-likeness (QED) is 0.505. The first-order chi connectivity index (χ1) is 16.0. The van der Waals surface area contributed by atoms with Crippen LogP contribution in [-0.4, -0.2) is 41.6 Å². The van der Waals surface area contributed by atoms with E-state index in [0.29, 0.717) is 40.2 Å². The van der Waals surface area contributed by atoms with Crippen molar-refractivity contribution in [2.75, 3.05) is 24.5 Å². The lowest BCUT2D eigenvalue weighted by molar-refractivity contribution is 0.0974. The summed E-state index contributed by atoms with van der Waals surface area (Å²) in [6.45, 7) is 4.25. The van der Waals surface area contributed by atoms with Gasteiger partial charge in [0.15, 0.2) is 0 Å². The molecule has 0 unspecified atom stereocenters. The van der Waals surface area contributed by atoms with Gasteiger partial charge in [-0.1, -0.05) is 35.0 Å². The molecule has 33 heavy (non-hydrogen) atoms. The van der Waals surface area contributed by atoms with Crippen molar-refractivity contribution in [3.8, 4) is 11.3 Å². The number of carbonyl (C=O) groups is 1. The Morgan fingerprint density at radius 3 is 2.67 bits per heavy atom. The molecule has 0 radical (unpaired) electrons. The van der Waals surface area contributed by atoms with Crippen molar-refractivity contribution in [1.82, 2.24) is 10.1 Å². The van der Waals surface area contributed by atoms with E-state index in [2.05, 4.69) is 10.1 Å². The number of piperidine rings is 1. The number of rotatable bonds is 3. The Morgan fingerprint density at radius 2 is 1.94 bits per heavy atom. The molecule has 1 spiro atoms. The van der Waals surface area contributed by atoms with E-state index >= 15 is 0 Å². The summed E-state index contributed by atoms with van der Waals surface area (Å²) in [6.07, 6.45) is 4.40. The summed E-state index contributed by atoms with van der Waals surface area (Å²) in [5.74, 6) is 0.00562. The zero-order valence-electron chi connectivity index (χ0n) is 18.5. The van der Waals surface area contributed by atoms with Crippen LogP contribution in [-0.2, 0) is 5.41 Å². The smallest absolute Gasteiger partial charge is 0.264 e. The summed E-state index contributed by atoms with van der Waals surface area (Å²) < 4.78 is 19.8. The number of carbonyl (C=O) groups excluding carboxylic acids is 1. The fourth-order valence-electron chi connectivity index (χ4n) is 5.60. The molecule has 1 aliphatic carbocycles. The lowest BCUT2D eigenvalue weighted by Gasteiger charge is -2.40. The number of benzene rings is 2. The molecule has 7 heteroatoms. The highest BCUT2D eigenvalue weighted by atomic mass is 35.5. The van der Waals surface area contributed by atoms with Crippen LogP contribution >= 0.6 is 11.6 Å². The number of hydrogen-bond acceptors (Lipinski definition) is 4. The van der Waals surface area contributed by atoms with Crippen molar-refractivity contribution in [3.63, 3.8) is 0 Å². The molecule has 2 fully saturated rings. The molecular weight excluding hydrogens is 441 g/mol. The highest BCUT2D eigenvalue weighted by Gasteiger charge is 2.48. The van der Waals surface area contributed by atoms with Gasteiger partial charge in [0.05, 0.1) is 5.02 Å². The van der Waals surface area contributed by atoms with E-state index in [1.54, 1.807) is 30.0 Å². The zero-order chi connectivity index (χ0) is 22.7. The molecule has 3 aliphatic rings. The average Bonchev–Trinajstić information content (AvgIpc) is 3.53. The minimum Gasteiger partial charge on any atom is -0.360 e. The van der Waals surface area contributed by atoms with Crippen molar-refractivity contribution < 1.29 is 13.7 Å². The molecule has 170 valence electrons. The molecular formula is C26H25ClFN3O2. The van der Waals surface area contributed by atoms with E-state index in [0.717, 1.165) is 37.2 Å². The van der Waals surface area contributed by atoms with Gasteiger partial charge in [-0.15, -0.1) is 0 Å². The first-order valence-corrected chi connectivity index (χ1v) is 11.9. The maximum absolute atomic E-state index is 14.4. The second-order valence-electron chi connectivity index (χ2n) is 9.54. The number of anilines is 1. The summed E-state index contributed by atoms with van der Waals surface area (Å²) in [5.41, 5.74) is 3.01. The van der Waals surface area contributed by atoms with Gasteiger partial charge in [0.2, 0.25) is 0 Å². The van der Waals surface area contributed by atoms with Crippen molar-refractivity contribution in [2.45, 2.75) is 44.1 Å². The third-order valence-corrected chi connectivity index (χ3v) is 7.88. The van der Waals surface area contributed by atoms with E-state index in [1.165, 1.54) is 18.9 Å². The van der Waals surface area contributed by atoms with Crippen LogP contribution in [0.5, 0.6) is 0 Å². The fourth-order valence-corrected chi connectivity index (χ4v) is 5.83. The number of halogens is 2. The van der Waals surface area contributed by atoms with E-state index in [9.17, 15) is 9.18 Å². The summed E-state index contributed by atoms with van der Waals surface area (Å²) in [6, 6.07) is 12.8. The van der Waals surface area contributed by atoms with Crippen molar-refractivity contribution >= 4 is 23.2 Å². The van der Waals surface area contributed by atoms with Crippen LogP contribution < -0.4 is 4.90 Å². The van der Waals surface area contributed by atoms with Crippen LogP contribution in [0.15, 0.2) is 47.0 Å². The van der Waals surface area contributed by atoms with Crippen LogP contribution in [0.2, 0.25) is 5.02 Å². The number of nitrogens with zero attached hydrogens (tertiary/aromatic N) is 3. The van der Waals surface area contributed by atoms with Gasteiger partial charge in [-0.05, 0) is 75.5 Å². The minimum atomic E-state index is -0.259. The topological polar surface area (TPSA) is 49.6 Å². The largest absolute Gasteiger partial charge is 0.360 e. The van der Waals surface area contributed by atoms with E-state index in [-0.39, 0.29) is 17.1 Å². The van der Waals surface area contributed by atoms with E-state index < -0.39 is 0 Å². The van der Waals surface area contributed by atoms with Gasteiger partial charge in [0, 0.05) is 29.3 Å². The van der Waals surface area contributed by atoms with Crippen LogP contribution in [0.25, 0.3) is 11.3 Å².